The molecule has 0 aliphatic carbocycles. The van der Waals surface area contributed by atoms with Gasteiger partial charge in [0, 0.05) is 18.4 Å². The van der Waals surface area contributed by atoms with Crippen LogP contribution in [0.1, 0.15) is 122 Å². The highest BCUT2D eigenvalue weighted by Gasteiger charge is 2.25. The van der Waals surface area contributed by atoms with Gasteiger partial charge < -0.3 is 4.57 Å². The molecule has 0 saturated carbocycles. The maximum atomic E-state index is 4.35. The van der Waals surface area contributed by atoms with E-state index in [4.69, 9.17) is 0 Å². The Bertz CT molecular complexity index is 647. The summed E-state index contributed by atoms with van der Waals surface area (Å²) in [6.07, 6.45) is 27.1. The van der Waals surface area contributed by atoms with Gasteiger partial charge in [-0.05, 0) is 30.2 Å². The Morgan fingerprint density at radius 1 is 0.750 bits per heavy atom. The number of benzene rings is 1. The van der Waals surface area contributed by atoms with Crippen LogP contribution in [0.2, 0.25) is 0 Å². The molecule has 1 aromatic carbocycles. The summed E-state index contributed by atoms with van der Waals surface area (Å²) in [7, 11) is 0. The number of hydrogen-bond donors (Lipinski definition) is 0. The predicted molar refractivity (Wildman–Crippen MR) is 140 cm³/mol. The fraction of sp³-hybridized carbons (Fsp3) is 0.700. The van der Waals surface area contributed by atoms with E-state index >= 15 is 0 Å². The molecule has 0 aliphatic rings. The van der Waals surface area contributed by atoms with Crippen molar-refractivity contribution in [1.29, 1.82) is 0 Å². The van der Waals surface area contributed by atoms with Crippen LogP contribution in [-0.4, -0.2) is 9.55 Å². The summed E-state index contributed by atoms with van der Waals surface area (Å²) in [6, 6.07) is 11.6. The zero-order valence-corrected chi connectivity index (χ0v) is 21.4. The summed E-state index contributed by atoms with van der Waals surface area (Å²) < 4.78 is 2.36. The summed E-state index contributed by atoms with van der Waals surface area (Å²) in [4.78, 5) is 4.35. The first-order valence-electron chi connectivity index (χ1n) is 13.7. The standard InChI is InChI=1S/C30H50N2/c1-4-5-6-7-8-9-10-11-12-13-14-15-19-22-29(25-28-20-17-16-18-21-28)30(27(2)3)32-24-23-31-26-32/h16-18,20-21,23-24,26-27,29-30H,4-15,19,22,25H2,1-3H3. The molecule has 0 bridgehead atoms. The average molecular weight is 439 g/mol. The van der Waals surface area contributed by atoms with Crippen molar-refractivity contribution < 1.29 is 0 Å². The largest absolute Gasteiger partial charge is 0.334 e. The van der Waals surface area contributed by atoms with Gasteiger partial charge in [-0.1, -0.05) is 135 Å². The van der Waals surface area contributed by atoms with Crippen molar-refractivity contribution in [2.75, 3.05) is 0 Å². The topological polar surface area (TPSA) is 17.8 Å². The van der Waals surface area contributed by atoms with Crippen molar-refractivity contribution in [2.45, 2.75) is 123 Å². The van der Waals surface area contributed by atoms with Gasteiger partial charge in [-0.25, -0.2) is 4.98 Å². The van der Waals surface area contributed by atoms with Crippen LogP contribution in [0, 0.1) is 11.8 Å². The van der Waals surface area contributed by atoms with Crippen LogP contribution in [0.4, 0.5) is 0 Å². The van der Waals surface area contributed by atoms with Crippen LogP contribution in [0.5, 0.6) is 0 Å². The van der Waals surface area contributed by atoms with Crippen molar-refractivity contribution >= 4 is 0 Å². The van der Waals surface area contributed by atoms with E-state index in [-0.39, 0.29) is 0 Å². The molecule has 2 heteroatoms. The molecule has 2 rings (SSSR count). The van der Waals surface area contributed by atoms with Crippen molar-refractivity contribution in [1.82, 2.24) is 9.55 Å². The Labute approximate surface area is 199 Å². The first kappa shape index (κ1) is 26.7. The fourth-order valence-electron chi connectivity index (χ4n) is 5.31. The van der Waals surface area contributed by atoms with Gasteiger partial charge in [0.25, 0.3) is 0 Å². The molecule has 0 spiro atoms. The van der Waals surface area contributed by atoms with Gasteiger partial charge in [-0.2, -0.15) is 0 Å². The number of unbranched alkanes of at least 4 members (excludes halogenated alkanes) is 12. The number of aromatic nitrogens is 2. The zero-order chi connectivity index (χ0) is 22.9. The second-order valence-corrected chi connectivity index (χ2v) is 10.2. The van der Waals surface area contributed by atoms with E-state index in [0.29, 0.717) is 17.9 Å². The van der Waals surface area contributed by atoms with E-state index in [1.54, 1.807) is 0 Å². The highest BCUT2D eigenvalue weighted by Crippen LogP contribution is 2.33. The molecule has 2 unspecified atom stereocenters. The van der Waals surface area contributed by atoms with Gasteiger partial charge in [0.2, 0.25) is 0 Å². The van der Waals surface area contributed by atoms with Crippen LogP contribution >= 0.6 is 0 Å². The molecule has 0 fully saturated rings. The molecule has 0 radical (unpaired) electrons. The van der Waals surface area contributed by atoms with Crippen molar-refractivity contribution in [3.8, 4) is 0 Å². The van der Waals surface area contributed by atoms with E-state index in [2.05, 4.69) is 66.9 Å². The zero-order valence-electron chi connectivity index (χ0n) is 21.4. The highest BCUT2D eigenvalue weighted by atomic mass is 15.1. The van der Waals surface area contributed by atoms with Crippen molar-refractivity contribution in [2.24, 2.45) is 11.8 Å². The quantitative estimate of drug-likeness (QED) is 0.200. The molecule has 2 atom stereocenters. The number of hydrogen-bond acceptors (Lipinski definition) is 1. The van der Waals surface area contributed by atoms with Crippen LogP contribution in [-0.2, 0) is 6.42 Å². The van der Waals surface area contributed by atoms with Gasteiger partial charge in [-0.15, -0.1) is 0 Å². The second-order valence-electron chi connectivity index (χ2n) is 10.2. The van der Waals surface area contributed by atoms with Crippen LogP contribution in [0.3, 0.4) is 0 Å². The molecule has 0 saturated heterocycles. The maximum absolute atomic E-state index is 4.35. The van der Waals surface area contributed by atoms with Gasteiger partial charge in [0.15, 0.2) is 0 Å². The lowest BCUT2D eigenvalue weighted by Gasteiger charge is -2.32. The summed E-state index contributed by atoms with van der Waals surface area (Å²) in [5.41, 5.74) is 1.47. The molecule has 180 valence electrons. The molecule has 1 aromatic heterocycles. The second kappa shape index (κ2) is 17.0. The lowest BCUT2D eigenvalue weighted by atomic mass is 9.82. The Balaban J connectivity index is 1.68. The number of imidazole rings is 1. The average Bonchev–Trinajstić information content (AvgIpc) is 3.31. The SMILES string of the molecule is CCCCCCCCCCCCCCCC(Cc1ccccc1)C(C(C)C)n1ccnc1. The highest BCUT2D eigenvalue weighted by molar-refractivity contribution is 5.15. The minimum absolute atomic E-state index is 0.523. The molecule has 2 nitrogen and oxygen atoms in total. The minimum Gasteiger partial charge on any atom is -0.334 e. The number of nitrogens with zero attached hydrogens (tertiary/aromatic N) is 2. The van der Waals surface area contributed by atoms with Gasteiger partial charge in [0.1, 0.15) is 0 Å². The Kier molecular flexibility index (Phi) is 14.2. The Morgan fingerprint density at radius 2 is 1.31 bits per heavy atom. The summed E-state index contributed by atoms with van der Waals surface area (Å²) in [5.74, 6) is 1.28. The molecule has 0 amide bonds. The molecule has 2 aromatic rings. The van der Waals surface area contributed by atoms with Crippen LogP contribution in [0.15, 0.2) is 49.1 Å². The van der Waals surface area contributed by atoms with Gasteiger partial charge in [-0.3, -0.25) is 0 Å². The van der Waals surface area contributed by atoms with E-state index in [1.165, 1.54) is 102 Å². The first-order chi connectivity index (χ1) is 15.7. The minimum atomic E-state index is 0.523. The molecular formula is C30H50N2. The first-order valence-corrected chi connectivity index (χ1v) is 13.7. The smallest absolute Gasteiger partial charge is 0.0948 e. The third kappa shape index (κ3) is 10.8. The Morgan fingerprint density at radius 3 is 1.81 bits per heavy atom. The normalized spacial score (nSPS) is 13.5. The molecule has 1 heterocycles. The number of rotatable bonds is 19. The van der Waals surface area contributed by atoms with Crippen LogP contribution in [0.25, 0.3) is 0 Å². The van der Waals surface area contributed by atoms with Crippen molar-refractivity contribution in [3.63, 3.8) is 0 Å². The van der Waals surface area contributed by atoms with Gasteiger partial charge in [0.05, 0.1) is 6.33 Å². The summed E-state index contributed by atoms with van der Waals surface area (Å²) in [6.45, 7) is 7.03. The lowest BCUT2D eigenvalue weighted by molar-refractivity contribution is 0.234. The fourth-order valence-corrected chi connectivity index (χ4v) is 5.31. The Hall–Kier alpha value is -1.57. The molecule has 0 N–H and O–H groups in total. The van der Waals surface area contributed by atoms with E-state index in [1.807, 2.05) is 12.5 Å². The van der Waals surface area contributed by atoms with E-state index in [9.17, 15) is 0 Å². The van der Waals surface area contributed by atoms with Gasteiger partial charge >= 0.3 is 0 Å². The van der Waals surface area contributed by atoms with E-state index in [0.717, 1.165) is 0 Å². The predicted octanol–water partition coefficient (Wildman–Crippen LogP) is 9.42. The third-order valence-electron chi connectivity index (χ3n) is 7.05. The summed E-state index contributed by atoms with van der Waals surface area (Å²) >= 11 is 0. The summed E-state index contributed by atoms with van der Waals surface area (Å²) in [5, 5.41) is 0. The van der Waals surface area contributed by atoms with E-state index < -0.39 is 0 Å². The van der Waals surface area contributed by atoms with Crippen molar-refractivity contribution in [3.05, 3.63) is 54.6 Å². The maximum Gasteiger partial charge on any atom is 0.0948 e. The van der Waals surface area contributed by atoms with Crippen LogP contribution < -0.4 is 0 Å². The lowest BCUT2D eigenvalue weighted by Crippen LogP contribution is -2.25. The molecule has 0 aliphatic heterocycles. The third-order valence-corrected chi connectivity index (χ3v) is 7.05. The monoisotopic (exact) mass is 438 g/mol. The molecular weight excluding hydrogens is 388 g/mol. The molecule has 32 heavy (non-hydrogen) atoms.